The molecular formula is C12H24N2O. The summed E-state index contributed by atoms with van der Waals surface area (Å²) in [6, 6.07) is 0.638. The first-order valence-corrected chi connectivity index (χ1v) is 6.43. The van der Waals surface area contributed by atoms with Crippen LogP contribution in [0.1, 0.15) is 32.6 Å². The average Bonchev–Trinajstić information content (AvgIpc) is 2.28. The van der Waals surface area contributed by atoms with Crippen LogP contribution in [-0.4, -0.2) is 48.3 Å². The normalized spacial score (nSPS) is 36.8. The van der Waals surface area contributed by atoms with Gasteiger partial charge < -0.3 is 15.3 Å². The quantitative estimate of drug-likeness (QED) is 0.708. The van der Waals surface area contributed by atoms with E-state index in [1.54, 1.807) is 0 Å². The molecule has 2 bridgehead atoms. The first-order chi connectivity index (χ1) is 7.29. The molecule has 3 heterocycles. The molecular weight excluding hydrogens is 188 g/mol. The highest BCUT2D eigenvalue weighted by Gasteiger charge is 2.33. The number of nitrogens with one attached hydrogen (secondary N) is 1. The van der Waals surface area contributed by atoms with Crippen LogP contribution in [0.5, 0.6) is 0 Å². The van der Waals surface area contributed by atoms with Gasteiger partial charge in [0, 0.05) is 19.1 Å². The Morgan fingerprint density at radius 3 is 2.67 bits per heavy atom. The van der Waals surface area contributed by atoms with Crippen LogP contribution in [0.25, 0.3) is 0 Å². The molecule has 0 aliphatic carbocycles. The molecule has 3 rings (SSSR count). The largest absolute Gasteiger partial charge is 0.392 e. The minimum atomic E-state index is -0.148. The van der Waals surface area contributed by atoms with Gasteiger partial charge in [-0.15, -0.1) is 0 Å². The third-order valence-electron chi connectivity index (χ3n) is 3.89. The standard InChI is InChI=1S/C12H24N2O/c1-2-3-11(15)8-13-12-9-14-6-4-10(12)5-7-14/h10-13,15H,2-9H2,1H3. The topological polar surface area (TPSA) is 35.5 Å². The van der Waals surface area contributed by atoms with Gasteiger partial charge in [0.15, 0.2) is 0 Å². The van der Waals surface area contributed by atoms with Crippen LogP contribution in [0.4, 0.5) is 0 Å². The zero-order valence-electron chi connectivity index (χ0n) is 9.78. The van der Waals surface area contributed by atoms with Crippen LogP contribution in [-0.2, 0) is 0 Å². The maximum atomic E-state index is 9.67. The van der Waals surface area contributed by atoms with Crippen molar-refractivity contribution in [3.8, 4) is 0 Å². The van der Waals surface area contributed by atoms with Gasteiger partial charge >= 0.3 is 0 Å². The summed E-state index contributed by atoms with van der Waals surface area (Å²) < 4.78 is 0. The van der Waals surface area contributed by atoms with Crippen LogP contribution in [0.2, 0.25) is 0 Å². The molecule has 3 fully saturated rings. The summed E-state index contributed by atoms with van der Waals surface area (Å²) in [4.78, 5) is 2.55. The Morgan fingerprint density at radius 1 is 1.40 bits per heavy atom. The molecule has 3 saturated heterocycles. The molecule has 3 aliphatic heterocycles. The molecule has 0 spiro atoms. The first-order valence-electron chi connectivity index (χ1n) is 6.43. The molecule has 2 atom stereocenters. The highest BCUT2D eigenvalue weighted by atomic mass is 16.3. The second-order valence-corrected chi connectivity index (χ2v) is 5.10. The van der Waals surface area contributed by atoms with Crippen molar-refractivity contribution in [1.29, 1.82) is 0 Å². The second-order valence-electron chi connectivity index (χ2n) is 5.10. The summed E-state index contributed by atoms with van der Waals surface area (Å²) in [6.07, 6.45) is 4.55. The van der Waals surface area contributed by atoms with Crippen LogP contribution >= 0.6 is 0 Å². The molecule has 3 aliphatic rings. The highest BCUT2D eigenvalue weighted by Crippen LogP contribution is 2.27. The van der Waals surface area contributed by atoms with Crippen LogP contribution in [0, 0.1) is 5.92 Å². The van der Waals surface area contributed by atoms with E-state index >= 15 is 0 Å². The molecule has 2 N–H and O–H groups in total. The van der Waals surface area contributed by atoms with Gasteiger partial charge in [0.1, 0.15) is 0 Å². The van der Waals surface area contributed by atoms with Gasteiger partial charge in [-0.05, 0) is 38.3 Å². The molecule has 3 nitrogen and oxygen atoms in total. The maximum absolute atomic E-state index is 9.67. The zero-order chi connectivity index (χ0) is 10.7. The lowest BCUT2D eigenvalue weighted by molar-refractivity contribution is 0.0626. The molecule has 3 heteroatoms. The van der Waals surface area contributed by atoms with E-state index in [9.17, 15) is 5.11 Å². The van der Waals surface area contributed by atoms with Crippen LogP contribution in [0.3, 0.4) is 0 Å². The van der Waals surface area contributed by atoms with Crippen LogP contribution < -0.4 is 5.32 Å². The van der Waals surface area contributed by atoms with Gasteiger partial charge in [-0.3, -0.25) is 0 Å². The van der Waals surface area contributed by atoms with E-state index in [2.05, 4.69) is 17.1 Å². The van der Waals surface area contributed by atoms with E-state index in [0.29, 0.717) is 6.04 Å². The minimum absolute atomic E-state index is 0.148. The van der Waals surface area contributed by atoms with Crippen LogP contribution in [0.15, 0.2) is 0 Å². The fourth-order valence-electron chi connectivity index (χ4n) is 2.92. The SMILES string of the molecule is CCCC(O)CNC1CN2CCC1CC2. The Labute approximate surface area is 92.8 Å². The monoisotopic (exact) mass is 212 g/mol. The molecule has 0 aromatic rings. The van der Waals surface area contributed by atoms with Gasteiger partial charge in [0.25, 0.3) is 0 Å². The molecule has 0 aromatic heterocycles. The maximum Gasteiger partial charge on any atom is 0.0664 e. The average molecular weight is 212 g/mol. The summed E-state index contributed by atoms with van der Waals surface area (Å²) in [5.41, 5.74) is 0. The summed E-state index contributed by atoms with van der Waals surface area (Å²) in [5, 5.41) is 13.2. The Bertz CT molecular complexity index is 190. The van der Waals surface area contributed by atoms with E-state index in [-0.39, 0.29) is 6.10 Å². The fourth-order valence-corrected chi connectivity index (χ4v) is 2.92. The summed E-state index contributed by atoms with van der Waals surface area (Å²) in [7, 11) is 0. The predicted octanol–water partition coefficient (Wildman–Crippen LogP) is 0.831. The van der Waals surface area contributed by atoms with Crippen molar-refractivity contribution in [1.82, 2.24) is 10.2 Å². The van der Waals surface area contributed by atoms with Crippen molar-refractivity contribution in [3.05, 3.63) is 0 Å². The van der Waals surface area contributed by atoms with Gasteiger partial charge in [-0.25, -0.2) is 0 Å². The second kappa shape index (κ2) is 5.28. The molecule has 0 aromatic carbocycles. The third kappa shape index (κ3) is 2.92. The van der Waals surface area contributed by atoms with E-state index in [1.165, 1.54) is 32.5 Å². The molecule has 0 radical (unpaired) electrons. The Morgan fingerprint density at radius 2 is 2.13 bits per heavy atom. The molecule has 88 valence electrons. The predicted molar refractivity (Wildman–Crippen MR) is 61.9 cm³/mol. The number of nitrogens with zero attached hydrogens (tertiary/aromatic N) is 1. The van der Waals surface area contributed by atoms with E-state index in [0.717, 1.165) is 25.3 Å². The third-order valence-corrected chi connectivity index (χ3v) is 3.89. The first kappa shape index (κ1) is 11.4. The Kier molecular flexibility index (Phi) is 4.00. The van der Waals surface area contributed by atoms with Gasteiger partial charge in [0.2, 0.25) is 0 Å². The van der Waals surface area contributed by atoms with Crippen molar-refractivity contribution in [2.75, 3.05) is 26.2 Å². The molecule has 2 unspecified atom stereocenters. The molecule has 15 heavy (non-hydrogen) atoms. The number of aliphatic hydroxyl groups excluding tert-OH is 1. The van der Waals surface area contributed by atoms with Gasteiger partial charge in [-0.1, -0.05) is 13.3 Å². The molecule has 0 amide bonds. The van der Waals surface area contributed by atoms with Gasteiger partial charge in [0.05, 0.1) is 6.10 Å². The zero-order valence-corrected chi connectivity index (χ0v) is 9.78. The smallest absolute Gasteiger partial charge is 0.0664 e. The van der Waals surface area contributed by atoms with Crippen molar-refractivity contribution in [2.45, 2.75) is 44.8 Å². The number of rotatable bonds is 5. The van der Waals surface area contributed by atoms with Crippen molar-refractivity contribution in [2.24, 2.45) is 5.92 Å². The number of fused-ring (bicyclic) bond motifs is 3. The Balaban J connectivity index is 1.71. The molecule has 0 saturated carbocycles. The lowest BCUT2D eigenvalue weighted by Gasteiger charge is -2.45. The Hall–Kier alpha value is -0.120. The lowest BCUT2D eigenvalue weighted by Crippen LogP contribution is -2.57. The fraction of sp³-hybridized carbons (Fsp3) is 1.00. The van der Waals surface area contributed by atoms with E-state index in [1.807, 2.05) is 0 Å². The lowest BCUT2D eigenvalue weighted by atomic mass is 9.84. The summed E-state index contributed by atoms with van der Waals surface area (Å²) >= 11 is 0. The summed E-state index contributed by atoms with van der Waals surface area (Å²) in [6.45, 7) is 6.69. The number of hydrogen-bond acceptors (Lipinski definition) is 3. The van der Waals surface area contributed by atoms with Gasteiger partial charge in [-0.2, -0.15) is 0 Å². The minimum Gasteiger partial charge on any atom is -0.392 e. The number of piperidine rings is 3. The van der Waals surface area contributed by atoms with E-state index < -0.39 is 0 Å². The summed E-state index contributed by atoms with van der Waals surface area (Å²) in [5.74, 6) is 0.865. The number of hydrogen-bond donors (Lipinski definition) is 2. The van der Waals surface area contributed by atoms with Crippen molar-refractivity contribution < 1.29 is 5.11 Å². The highest BCUT2D eigenvalue weighted by molar-refractivity contribution is 4.91. The number of aliphatic hydroxyl groups is 1. The van der Waals surface area contributed by atoms with E-state index in [4.69, 9.17) is 0 Å². The van der Waals surface area contributed by atoms with Crippen molar-refractivity contribution >= 4 is 0 Å². The van der Waals surface area contributed by atoms with Crippen molar-refractivity contribution in [3.63, 3.8) is 0 Å².